The average Bonchev–Trinajstić information content (AvgIpc) is 1.58. The topological polar surface area (TPSA) is 65.5 Å². The lowest BCUT2D eigenvalue weighted by atomic mass is 10.0. The molecule has 0 bridgehead atoms. The molecule has 0 aliphatic carbocycles. The second-order valence-corrected chi connectivity index (χ2v) is 27.1. The number of nitrogens with zero attached hydrogens (tertiary/aromatic N) is 4. The van der Waals surface area contributed by atoms with Gasteiger partial charge in [0.05, 0.1) is 22.7 Å². The summed E-state index contributed by atoms with van der Waals surface area (Å²) in [5.41, 5.74) is 23.7. The van der Waals surface area contributed by atoms with Crippen molar-refractivity contribution in [3.63, 3.8) is 0 Å². The third-order valence-electron chi connectivity index (χ3n) is 20.7. The fourth-order valence-corrected chi connectivity index (χ4v) is 15.5. The van der Waals surface area contributed by atoms with Crippen molar-refractivity contribution < 1.29 is 17.7 Å². The monoisotopic (exact) mass is 1390 g/mol. The SMILES string of the molecule is c1ccc(-c2ccc(N(c3ccc4c(c3)oc3ccccc34)c3cccc4c3oc3ccc(N(c5ccccc5)c5ccccc5)cc34)cc2)cc1.c1ccc(N(c2ccccc2)c2ccc3oc4c(N(c5ccc(-c6ccc7ccccc7c6)cc5)c5ccc6c(c5)oc5ccccc56)cccc4c3c2)cc1. The zero-order chi connectivity index (χ0) is 71.4. The largest absolute Gasteiger partial charge is 0.456 e. The second kappa shape index (κ2) is 26.9. The van der Waals surface area contributed by atoms with Crippen molar-refractivity contribution in [3.05, 3.63) is 400 Å². The molecule has 510 valence electrons. The van der Waals surface area contributed by atoms with Gasteiger partial charge in [0.25, 0.3) is 0 Å². The first kappa shape index (κ1) is 63.1. The van der Waals surface area contributed by atoms with Crippen LogP contribution in [0.5, 0.6) is 0 Å². The van der Waals surface area contributed by atoms with Crippen LogP contribution in [0, 0.1) is 0 Å². The maximum Gasteiger partial charge on any atom is 0.159 e. The van der Waals surface area contributed by atoms with E-state index >= 15 is 0 Å². The Labute approximate surface area is 622 Å². The maximum absolute atomic E-state index is 6.84. The molecule has 0 radical (unpaired) electrons. The standard InChI is InChI=1S/C52H34N2O2.C48H32N2O2/c1-3-14-39(15-4-1)53(40-16-5-2-6-17-40)42-29-31-50-47(33-42)46-19-11-20-48(52(46)56-50)54(43-28-30-45-44-18-9-10-21-49(44)55-51(45)34-43)41-26-24-36(25-27-41)38-23-22-35-12-7-8-13-37(35)32-38;1-4-13-33(14-5-1)34-23-25-37(26-24-34)50(39-27-29-41-40-19-10-11-22-45(40)51-47(41)32-39)44-21-12-20-42-43-31-38(28-30-46(43)52-48(42)44)49(35-15-6-2-7-16-35)36-17-8-3-9-18-36/h1-34H;1-32H. The van der Waals surface area contributed by atoms with E-state index in [0.29, 0.717) is 0 Å². The predicted octanol–water partition coefficient (Wildman–Crippen LogP) is 29.3. The Morgan fingerprint density at radius 3 is 0.917 bits per heavy atom. The molecule has 4 heterocycles. The van der Waals surface area contributed by atoms with Gasteiger partial charge in [-0.05, 0) is 197 Å². The van der Waals surface area contributed by atoms with E-state index in [1.165, 1.54) is 21.9 Å². The molecule has 0 N–H and O–H groups in total. The van der Waals surface area contributed by atoms with Gasteiger partial charge in [0, 0.05) is 101 Å². The lowest BCUT2D eigenvalue weighted by Gasteiger charge is -2.26. The highest BCUT2D eigenvalue weighted by Crippen LogP contribution is 2.49. The van der Waals surface area contributed by atoms with Crippen LogP contribution in [0.3, 0.4) is 0 Å². The van der Waals surface area contributed by atoms with E-state index in [2.05, 4.69) is 378 Å². The third-order valence-corrected chi connectivity index (χ3v) is 20.7. The zero-order valence-corrected chi connectivity index (χ0v) is 58.5. The summed E-state index contributed by atoms with van der Waals surface area (Å²) in [6, 6.07) is 140. The summed E-state index contributed by atoms with van der Waals surface area (Å²) in [7, 11) is 0. The summed E-state index contributed by atoms with van der Waals surface area (Å²) < 4.78 is 26.4. The molecule has 8 nitrogen and oxygen atoms in total. The van der Waals surface area contributed by atoms with Gasteiger partial charge in [-0.1, -0.05) is 224 Å². The van der Waals surface area contributed by atoms with Gasteiger partial charge in [0.1, 0.15) is 33.5 Å². The van der Waals surface area contributed by atoms with Gasteiger partial charge >= 0.3 is 0 Å². The normalized spacial score (nSPS) is 11.5. The minimum absolute atomic E-state index is 0.814. The van der Waals surface area contributed by atoms with Crippen molar-refractivity contribution in [1.29, 1.82) is 0 Å². The number of hydrogen-bond donors (Lipinski definition) is 0. The molecule has 21 rings (SSSR count). The highest BCUT2D eigenvalue weighted by molar-refractivity contribution is 6.14. The van der Waals surface area contributed by atoms with Crippen LogP contribution in [0.4, 0.5) is 68.2 Å². The number of fused-ring (bicyclic) bond motifs is 13. The van der Waals surface area contributed by atoms with Crippen LogP contribution in [-0.4, -0.2) is 0 Å². The van der Waals surface area contributed by atoms with Crippen LogP contribution in [-0.2, 0) is 0 Å². The van der Waals surface area contributed by atoms with Crippen LogP contribution in [0.1, 0.15) is 0 Å². The van der Waals surface area contributed by atoms with E-state index in [1.807, 2.05) is 42.5 Å². The molecule has 0 atom stereocenters. The van der Waals surface area contributed by atoms with Crippen LogP contribution in [0.2, 0.25) is 0 Å². The fraction of sp³-hybridized carbons (Fsp3) is 0. The minimum Gasteiger partial charge on any atom is -0.456 e. The number of hydrogen-bond acceptors (Lipinski definition) is 8. The molecule has 0 fully saturated rings. The van der Waals surface area contributed by atoms with Gasteiger partial charge in [-0.2, -0.15) is 0 Å². The maximum atomic E-state index is 6.84. The molecule has 0 unspecified atom stereocenters. The van der Waals surface area contributed by atoms with E-state index in [4.69, 9.17) is 17.7 Å². The zero-order valence-electron chi connectivity index (χ0n) is 58.5. The Morgan fingerprint density at radius 1 is 0.148 bits per heavy atom. The molecule has 0 aliphatic heterocycles. The van der Waals surface area contributed by atoms with Crippen molar-refractivity contribution in [2.24, 2.45) is 0 Å². The number of para-hydroxylation sites is 8. The van der Waals surface area contributed by atoms with Gasteiger partial charge in [-0.15, -0.1) is 0 Å². The van der Waals surface area contributed by atoms with E-state index in [-0.39, 0.29) is 0 Å². The Kier molecular flexibility index (Phi) is 15.7. The van der Waals surface area contributed by atoms with Crippen molar-refractivity contribution >= 4 is 167 Å². The molecule has 17 aromatic carbocycles. The van der Waals surface area contributed by atoms with Gasteiger partial charge in [0.15, 0.2) is 11.2 Å². The number of rotatable bonds is 14. The van der Waals surface area contributed by atoms with Crippen molar-refractivity contribution in [1.82, 2.24) is 0 Å². The number of furan rings is 4. The molecule has 4 aromatic heterocycles. The Morgan fingerprint density at radius 2 is 0.463 bits per heavy atom. The smallest absolute Gasteiger partial charge is 0.159 e. The molecular weight excluding hydrogens is 1320 g/mol. The summed E-state index contributed by atoms with van der Waals surface area (Å²) in [4.78, 5) is 9.12. The Hall–Kier alpha value is -14.6. The average molecular weight is 1390 g/mol. The van der Waals surface area contributed by atoms with Crippen molar-refractivity contribution in [2.75, 3.05) is 19.6 Å². The molecule has 0 spiro atoms. The lowest BCUT2D eigenvalue weighted by molar-refractivity contribution is 0.667. The van der Waals surface area contributed by atoms with Crippen LogP contribution >= 0.6 is 0 Å². The lowest BCUT2D eigenvalue weighted by Crippen LogP contribution is -2.10. The first-order valence-electron chi connectivity index (χ1n) is 36.4. The van der Waals surface area contributed by atoms with Crippen LogP contribution in [0.25, 0.3) is 121 Å². The summed E-state index contributed by atoms with van der Waals surface area (Å²) in [5.74, 6) is 0. The molecule has 8 heteroatoms. The summed E-state index contributed by atoms with van der Waals surface area (Å²) in [6.07, 6.45) is 0. The van der Waals surface area contributed by atoms with Crippen LogP contribution < -0.4 is 19.6 Å². The molecule has 0 saturated heterocycles. The van der Waals surface area contributed by atoms with Gasteiger partial charge in [-0.3, -0.25) is 0 Å². The highest BCUT2D eigenvalue weighted by atomic mass is 16.3. The summed E-state index contributed by atoms with van der Waals surface area (Å²) in [6.45, 7) is 0. The molecule has 21 aromatic rings. The summed E-state index contributed by atoms with van der Waals surface area (Å²) >= 11 is 0. The third kappa shape index (κ3) is 11.5. The van der Waals surface area contributed by atoms with Gasteiger partial charge < -0.3 is 37.3 Å². The first-order chi connectivity index (χ1) is 53.5. The quantitative estimate of drug-likeness (QED) is 0.107. The van der Waals surface area contributed by atoms with E-state index in [0.717, 1.165) is 167 Å². The van der Waals surface area contributed by atoms with E-state index in [9.17, 15) is 0 Å². The molecule has 0 amide bonds. The molecular formula is C100H66N4O4. The van der Waals surface area contributed by atoms with E-state index < -0.39 is 0 Å². The first-order valence-corrected chi connectivity index (χ1v) is 36.4. The van der Waals surface area contributed by atoms with Gasteiger partial charge in [-0.25, -0.2) is 0 Å². The molecule has 0 aliphatic rings. The Bertz CT molecular complexity index is 6790. The number of benzene rings is 17. The second-order valence-electron chi connectivity index (χ2n) is 27.1. The molecule has 0 saturated carbocycles. The van der Waals surface area contributed by atoms with Crippen molar-refractivity contribution in [3.8, 4) is 22.3 Å². The highest BCUT2D eigenvalue weighted by Gasteiger charge is 2.25. The fourth-order valence-electron chi connectivity index (χ4n) is 15.5. The summed E-state index contributed by atoms with van der Waals surface area (Å²) in [5, 5.41) is 11.1. The Balaban J connectivity index is 0.000000143. The van der Waals surface area contributed by atoms with E-state index in [1.54, 1.807) is 0 Å². The minimum atomic E-state index is 0.814. The van der Waals surface area contributed by atoms with Crippen LogP contribution in [0.15, 0.2) is 418 Å². The van der Waals surface area contributed by atoms with Crippen molar-refractivity contribution in [2.45, 2.75) is 0 Å². The van der Waals surface area contributed by atoms with Gasteiger partial charge in [0.2, 0.25) is 0 Å². The number of anilines is 12. The predicted molar refractivity (Wildman–Crippen MR) is 449 cm³/mol. The molecule has 108 heavy (non-hydrogen) atoms.